The summed E-state index contributed by atoms with van der Waals surface area (Å²) in [7, 11) is 2.98. The molecule has 1 aliphatic carbocycles. The third-order valence-corrected chi connectivity index (χ3v) is 5.80. The van der Waals surface area contributed by atoms with Crippen molar-refractivity contribution in [2.75, 3.05) is 27.2 Å². The number of methoxy groups -OCH3 is 1. The largest absolute Gasteiger partial charge is 0.467 e. The Morgan fingerprint density at radius 3 is 2.66 bits per heavy atom. The van der Waals surface area contributed by atoms with Crippen molar-refractivity contribution >= 4 is 17.9 Å². The van der Waals surface area contributed by atoms with Gasteiger partial charge in [-0.2, -0.15) is 0 Å². The van der Waals surface area contributed by atoms with Crippen LogP contribution in [0, 0.1) is 5.92 Å². The summed E-state index contributed by atoms with van der Waals surface area (Å²) in [5.41, 5.74) is -1.12. The molecule has 2 fully saturated rings. The summed E-state index contributed by atoms with van der Waals surface area (Å²) in [6.07, 6.45) is 6.44. The van der Waals surface area contributed by atoms with E-state index in [-0.39, 0.29) is 24.9 Å². The molecule has 2 aliphatic rings. The molecule has 162 valence electrons. The first-order chi connectivity index (χ1) is 13.8. The molecule has 0 radical (unpaired) electrons. The summed E-state index contributed by atoms with van der Waals surface area (Å²) in [5.74, 6) is -1.18. The van der Waals surface area contributed by atoms with E-state index in [1.165, 1.54) is 12.0 Å². The van der Waals surface area contributed by atoms with Gasteiger partial charge in [0.2, 0.25) is 5.91 Å². The van der Waals surface area contributed by atoms with Crippen LogP contribution in [0.3, 0.4) is 0 Å². The number of urea groups is 1. The van der Waals surface area contributed by atoms with Crippen molar-refractivity contribution in [3.8, 4) is 0 Å². The number of ether oxygens (including phenoxy) is 1. The second-order valence-electron chi connectivity index (χ2n) is 7.87. The number of aliphatic hydroxyl groups is 1. The maximum atomic E-state index is 13.0. The third-order valence-electron chi connectivity index (χ3n) is 5.80. The van der Waals surface area contributed by atoms with Gasteiger partial charge < -0.3 is 25.0 Å². The summed E-state index contributed by atoms with van der Waals surface area (Å²) in [5, 5.41) is 12.9. The first-order valence-electron chi connectivity index (χ1n) is 10.1. The number of carbonyl (C=O) groups excluding carboxylic acids is 3. The lowest BCUT2D eigenvalue weighted by Crippen LogP contribution is -2.60. The predicted molar refractivity (Wildman–Crippen MR) is 109 cm³/mol. The maximum Gasteiger partial charge on any atom is 0.332 e. The second kappa shape index (κ2) is 9.91. The van der Waals surface area contributed by atoms with Gasteiger partial charge >= 0.3 is 12.0 Å². The zero-order valence-electron chi connectivity index (χ0n) is 17.4. The third kappa shape index (κ3) is 5.18. The molecule has 2 rings (SSSR count). The summed E-state index contributed by atoms with van der Waals surface area (Å²) < 4.78 is 4.85. The van der Waals surface area contributed by atoms with Crippen LogP contribution in [-0.4, -0.2) is 77.7 Å². The van der Waals surface area contributed by atoms with Gasteiger partial charge in [0.25, 0.3) is 0 Å². The number of amides is 3. The number of hydrogen-bond acceptors (Lipinski definition) is 5. The second-order valence-corrected chi connectivity index (χ2v) is 7.87. The van der Waals surface area contributed by atoms with Crippen molar-refractivity contribution in [3.63, 3.8) is 0 Å². The summed E-state index contributed by atoms with van der Waals surface area (Å²) in [6.45, 7) is 8.25. The SMILES string of the molecule is C=CCCCCN(C)C(=O)N1CCC(O)CC1C(=O)NC1(C(=O)OC)CC1C=C. The van der Waals surface area contributed by atoms with Crippen molar-refractivity contribution in [1.82, 2.24) is 15.1 Å². The number of carbonyl (C=O) groups is 3. The van der Waals surface area contributed by atoms with E-state index in [1.807, 2.05) is 6.08 Å². The highest BCUT2D eigenvalue weighted by Gasteiger charge is 2.61. The van der Waals surface area contributed by atoms with E-state index in [4.69, 9.17) is 4.74 Å². The summed E-state index contributed by atoms with van der Waals surface area (Å²) in [6, 6.07) is -1.09. The minimum Gasteiger partial charge on any atom is -0.467 e. The first kappa shape index (κ1) is 22.9. The van der Waals surface area contributed by atoms with Crippen molar-refractivity contribution in [1.29, 1.82) is 0 Å². The molecule has 1 heterocycles. The molecule has 3 amide bonds. The number of piperidine rings is 1. The Bertz CT molecular complexity index is 652. The fourth-order valence-corrected chi connectivity index (χ4v) is 3.86. The fraction of sp³-hybridized carbons (Fsp3) is 0.667. The number of hydrogen-bond donors (Lipinski definition) is 2. The van der Waals surface area contributed by atoms with Crippen LogP contribution < -0.4 is 5.32 Å². The quantitative estimate of drug-likeness (QED) is 0.342. The molecule has 0 aromatic heterocycles. The van der Waals surface area contributed by atoms with Crippen LogP contribution in [0.1, 0.15) is 38.5 Å². The highest BCUT2D eigenvalue weighted by molar-refractivity contribution is 5.95. The van der Waals surface area contributed by atoms with Gasteiger partial charge in [-0.1, -0.05) is 12.2 Å². The smallest absolute Gasteiger partial charge is 0.332 e. The molecule has 29 heavy (non-hydrogen) atoms. The van der Waals surface area contributed by atoms with E-state index in [9.17, 15) is 19.5 Å². The average Bonchev–Trinajstić information content (AvgIpc) is 3.43. The van der Waals surface area contributed by atoms with Crippen molar-refractivity contribution < 1.29 is 24.2 Å². The van der Waals surface area contributed by atoms with Crippen LogP contribution in [0.5, 0.6) is 0 Å². The molecule has 0 aromatic rings. The standard InChI is InChI=1S/C21H33N3O5/c1-5-7-8-9-11-23(3)20(28)24-12-10-16(25)13-17(24)18(26)22-21(19(27)29-4)14-15(21)6-2/h5-6,15-17,25H,1-2,7-14H2,3-4H3,(H,22,26). The number of esters is 1. The van der Waals surface area contributed by atoms with E-state index in [2.05, 4.69) is 18.5 Å². The summed E-state index contributed by atoms with van der Waals surface area (Å²) in [4.78, 5) is 41.3. The lowest BCUT2D eigenvalue weighted by atomic mass is 9.98. The van der Waals surface area contributed by atoms with Gasteiger partial charge in [0.1, 0.15) is 11.6 Å². The van der Waals surface area contributed by atoms with Crippen LogP contribution in [-0.2, 0) is 14.3 Å². The van der Waals surface area contributed by atoms with Gasteiger partial charge in [-0.15, -0.1) is 13.2 Å². The molecule has 8 heteroatoms. The minimum atomic E-state index is -1.12. The Balaban J connectivity index is 2.07. The zero-order chi connectivity index (χ0) is 21.6. The number of likely N-dealkylation sites (tertiary alicyclic amines) is 1. The van der Waals surface area contributed by atoms with Crippen LogP contribution in [0.4, 0.5) is 4.79 Å². The Hall–Kier alpha value is -2.35. The van der Waals surface area contributed by atoms with E-state index in [0.717, 1.165) is 19.3 Å². The van der Waals surface area contributed by atoms with Crippen LogP contribution >= 0.6 is 0 Å². The van der Waals surface area contributed by atoms with Gasteiger partial charge in [-0.25, -0.2) is 9.59 Å². The molecule has 1 saturated heterocycles. The molecule has 4 atom stereocenters. The first-order valence-corrected chi connectivity index (χ1v) is 10.1. The topological polar surface area (TPSA) is 99.2 Å². The van der Waals surface area contributed by atoms with Gasteiger partial charge in [-0.3, -0.25) is 4.79 Å². The van der Waals surface area contributed by atoms with Crippen LogP contribution in [0.15, 0.2) is 25.3 Å². The van der Waals surface area contributed by atoms with E-state index < -0.39 is 29.6 Å². The molecule has 1 saturated carbocycles. The minimum absolute atomic E-state index is 0.137. The lowest BCUT2D eigenvalue weighted by Gasteiger charge is -2.39. The number of nitrogens with zero attached hydrogens (tertiary/aromatic N) is 2. The number of aliphatic hydroxyl groups excluding tert-OH is 1. The van der Waals surface area contributed by atoms with E-state index >= 15 is 0 Å². The molecular formula is C21H33N3O5. The van der Waals surface area contributed by atoms with Crippen LogP contribution in [0.25, 0.3) is 0 Å². The Morgan fingerprint density at radius 2 is 2.07 bits per heavy atom. The molecule has 4 unspecified atom stereocenters. The molecule has 0 bridgehead atoms. The summed E-state index contributed by atoms with van der Waals surface area (Å²) >= 11 is 0. The number of rotatable bonds is 9. The molecule has 8 nitrogen and oxygen atoms in total. The van der Waals surface area contributed by atoms with Crippen molar-refractivity contribution in [3.05, 3.63) is 25.3 Å². The average molecular weight is 408 g/mol. The molecule has 0 spiro atoms. The normalized spacial score (nSPS) is 28.2. The number of unbranched alkanes of at least 4 members (excludes halogenated alkanes) is 2. The van der Waals surface area contributed by atoms with E-state index in [0.29, 0.717) is 19.4 Å². The zero-order valence-corrected chi connectivity index (χ0v) is 17.4. The fourth-order valence-electron chi connectivity index (χ4n) is 3.86. The Kier molecular flexibility index (Phi) is 7.84. The number of allylic oxidation sites excluding steroid dienone is 1. The van der Waals surface area contributed by atoms with Crippen molar-refractivity contribution in [2.24, 2.45) is 5.92 Å². The lowest BCUT2D eigenvalue weighted by molar-refractivity contribution is -0.147. The highest BCUT2D eigenvalue weighted by atomic mass is 16.5. The highest BCUT2D eigenvalue weighted by Crippen LogP contribution is 2.45. The van der Waals surface area contributed by atoms with Gasteiger partial charge in [0, 0.05) is 32.5 Å². The van der Waals surface area contributed by atoms with Gasteiger partial charge in [-0.05, 0) is 32.1 Å². The Morgan fingerprint density at radius 1 is 1.34 bits per heavy atom. The molecule has 1 aliphatic heterocycles. The van der Waals surface area contributed by atoms with Crippen LogP contribution in [0.2, 0.25) is 0 Å². The molecular weight excluding hydrogens is 374 g/mol. The molecule has 0 aromatic carbocycles. The van der Waals surface area contributed by atoms with Gasteiger partial charge in [0.05, 0.1) is 13.2 Å². The van der Waals surface area contributed by atoms with Crippen molar-refractivity contribution in [2.45, 2.75) is 56.2 Å². The Labute approximate surface area is 172 Å². The van der Waals surface area contributed by atoms with Gasteiger partial charge in [0.15, 0.2) is 0 Å². The van der Waals surface area contributed by atoms with E-state index in [1.54, 1.807) is 18.0 Å². The maximum absolute atomic E-state index is 13.0. The number of nitrogens with one attached hydrogen (secondary N) is 1. The molecule has 2 N–H and O–H groups in total. The predicted octanol–water partition coefficient (Wildman–Crippen LogP) is 1.45. The monoisotopic (exact) mass is 407 g/mol.